The van der Waals surface area contributed by atoms with Gasteiger partial charge in [-0.25, -0.2) is 0 Å². The molecule has 0 aromatic heterocycles. The summed E-state index contributed by atoms with van der Waals surface area (Å²) in [5.41, 5.74) is -0.174. The molecule has 8 heteroatoms. The smallest absolute Gasteiger partial charge is 0.187 e. The van der Waals surface area contributed by atoms with Crippen molar-refractivity contribution in [2.24, 2.45) is 5.41 Å². The molecule has 0 bridgehead atoms. The number of rotatable bonds is 4. The highest BCUT2D eigenvalue weighted by atomic mass is 16.7. The first-order chi connectivity index (χ1) is 10.8. The van der Waals surface area contributed by atoms with Gasteiger partial charge in [-0.15, -0.1) is 0 Å². The van der Waals surface area contributed by atoms with Gasteiger partial charge >= 0.3 is 0 Å². The lowest BCUT2D eigenvalue weighted by molar-refractivity contribution is -0.286. The third-order valence-electron chi connectivity index (χ3n) is 5.34. The molecule has 0 aromatic rings. The van der Waals surface area contributed by atoms with Crippen LogP contribution in [-0.2, 0) is 14.2 Å². The molecule has 2 saturated heterocycles. The highest BCUT2D eigenvalue weighted by molar-refractivity contribution is 5.04. The van der Waals surface area contributed by atoms with E-state index >= 15 is 0 Å². The molecule has 3 rings (SSSR count). The van der Waals surface area contributed by atoms with Crippen LogP contribution in [0.4, 0.5) is 0 Å². The Kier molecular flexibility index (Phi) is 4.72. The minimum atomic E-state index is -1.27. The zero-order chi connectivity index (χ0) is 16.9. The molecule has 0 aromatic carbocycles. The van der Waals surface area contributed by atoms with Gasteiger partial charge in [0.15, 0.2) is 6.29 Å². The van der Waals surface area contributed by atoms with Crippen LogP contribution in [0.2, 0.25) is 0 Å². The Morgan fingerprint density at radius 2 is 1.65 bits per heavy atom. The topological polar surface area (TPSA) is 129 Å². The third kappa shape index (κ3) is 3.03. The van der Waals surface area contributed by atoms with E-state index in [4.69, 9.17) is 14.2 Å². The fraction of sp³-hybridized carbons (Fsp3) is 1.00. The Balaban J connectivity index is 1.70. The molecule has 0 amide bonds. The van der Waals surface area contributed by atoms with Crippen LogP contribution in [0, 0.1) is 5.41 Å². The van der Waals surface area contributed by atoms with Crippen LogP contribution >= 0.6 is 0 Å². The summed E-state index contributed by atoms with van der Waals surface area (Å²) >= 11 is 0. The highest BCUT2D eigenvalue weighted by Crippen LogP contribution is 2.53. The van der Waals surface area contributed by atoms with E-state index in [1.165, 1.54) is 0 Å². The van der Waals surface area contributed by atoms with Crippen LogP contribution in [0.15, 0.2) is 0 Å². The standard InChI is InChI=1S/C15H26O8/c1-6-8(17)12(9(18)7(5-16)21-6)22-14-11(20)10(19)13(23-14)15(2)3-4-15/h6-14,16-20H,3-5H2,1-2H3/t6?,7?,8?,9-,10?,11?,12?,13+,14+/m0/s1. The Labute approximate surface area is 134 Å². The zero-order valence-corrected chi connectivity index (χ0v) is 13.3. The van der Waals surface area contributed by atoms with Crippen LogP contribution in [0.1, 0.15) is 26.7 Å². The van der Waals surface area contributed by atoms with E-state index in [-0.39, 0.29) is 5.41 Å². The average Bonchev–Trinajstić information content (AvgIpc) is 3.20. The van der Waals surface area contributed by atoms with E-state index in [1.807, 2.05) is 6.92 Å². The average molecular weight is 334 g/mol. The lowest BCUT2D eigenvalue weighted by Gasteiger charge is -2.42. The van der Waals surface area contributed by atoms with E-state index in [2.05, 4.69) is 0 Å². The van der Waals surface area contributed by atoms with Crippen molar-refractivity contribution in [3.05, 3.63) is 0 Å². The maximum absolute atomic E-state index is 10.2. The summed E-state index contributed by atoms with van der Waals surface area (Å²) in [6.45, 7) is 3.15. The van der Waals surface area contributed by atoms with Crippen molar-refractivity contribution >= 4 is 0 Å². The third-order valence-corrected chi connectivity index (χ3v) is 5.34. The molecule has 2 aliphatic heterocycles. The molecule has 8 nitrogen and oxygen atoms in total. The first-order valence-electron chi connectivity index (χ1n) is 8.08. The molecule has 0 radical (unpaired) electrons. The Morgan fingerprint density at radius 1 is 1.00 bits per heavy atom. The fourth-order valence-corrected chi connectivity index (χ4v) is 3.40. The predicted octanol–water partition coefficient (Wildman–Crippen LogP) is -1.88. The van der Waals surface area contributed by atoms with Crippen molar-refractivity contribution in [1.82, 2.24) is 0 Å². The fourth-order valence-electron chi connectivity index (χ4n) is 3.40. The summed E-state index contributed by atoms with van der Waals surface area (Å²) in [6.07, 6.45) is -7.26. The molecule has 3 fully saturated rings. The summed E-state index contributed by atoms with van der Waals surface area (Å²) in [4.78, 5) is 0. The van der Waals surface area contributed by atoms with Gasteiger partial charge in [0.25, 0.3) is 0 Å². The quantitative estimate of drug-likeness (QED) is 0.404. The minimum absolute atomic E-state index is 0.174. The predicted molar refractivity (Wildman–Crippen MR) is 76.3 cm³/mol. The largest absolute Gasteiger partial charge is 0.394 e. The minimum Gasteiger partial charge on any atom is -0.394 e. The van der Waals surface area contributed by atoms with Crippen LogP contribution in [-0.4, -0.2) is 87.3 Å². The summed E-state index contributed by atoms with van der Waals surface area (Å²) in [6, 6.07) is 0. The Hall–Kier alpha value is -0.320. The normalized spacial score (nSPS) is 52.6. The molecule has 6 unspecified atom stereocenters. The van der Waals surface area contributed by atoms with Crippen LogP contribution in [0.25, 0.3) is 0 Å². The van der Waals surface area contributed by atoms with Crippen LogP contribution in [0.5, 0.6) is 0 Å². The number of hydrogen-bond acceptors (Lipinski definition) is 8. The van der Waals surface area contributed by atoms with Gasteiger partial charge in [0.1, 0.15) is 36.6 Å². The summed E-state index contributed by atoms with van der Waals surface area (Å²) in [5, 5.41) is 50.0. The number of hydrogen-bond donors (Lipinski definition) is 5. The highest BCUT2D eigenvalue weighted by Gasteiger charge is 2.58. The van der Waals surface area contributed by atoms with Gasteiger partial charge in [-0.1, -0.05) is 6.92 Å². The van der Waals surface area contributed by atoms with Crippen molar-refractivity contribution in [1.29, 1.82) is 0 Å². The molecule has 23 heavy (non-hydrogen) atoms. The maximum atomic E-state index is 10.2. The van der Waals surface area contributed by atoms with Gasteiger partial charge in [0.05, 0.1) is 18.8 Å². The SMILES string of the molecule is CC1OC(CO)[C@H](O)C(O[C@@H]2O[C@@H](C3(C)CC3)C(O)C2O)C1O. The van der Waals surface area contributed by atoms with Crippen LogP contribution < -0.4 is 0 Å². The summed E-state index contributed by atoms with van der Waals surface area (Å²) in [7, 11) is 0. The molecule has 3 aliphatic rings. The van der Waals surface area contributed by atoms with Gasteiger partial charge < -0.3 is 39.7 Å². The van der Waals surface area contributed by atoms with Gasteiger partial charge in [-0.2, -0.15) is 0 Å². The molecule has 0 spiro atoms. The summed E-state index contributed by atoms with van der Waals surface area (Å²) < 4.78 is 16.6. The van der Waals surface area contributed by atoms with Crippen molar-refractivity contribution in [3.63, 3.8) is 0 Å². The van der Waals surface area contributed by atoms with Gasteiger partial charge in [0, 0.05) is 0 Å². The van der Waals surface area contributed by atoms with E-state index in [0.717, 1.165) is 12.8 Å². The lowest BCUT2D eigenvalue weighted by atomic mass is 9.95. The van der Waals surface area contributed by atoms with Crippen molar-refractivity contribution in [3.8, 4) is 0 Å². The molecule has 1 aliphatic carbocycles. The molecule has 5 N–H and O–H groups in total. The number of ether oxygens (including phenoxy) is 3. The van der Waals surface area contributed by atoms with Gasteiger partial charge in [-0.05, 0) is 25.2 Å². The second-order valence-corrected chi connectivity index (χ2v) is 7.20. The van der Waals surface area contributed by atoms with E-state index in [9.17, 15) is 25.5 Å². The van der Waals surface area contributed by atoms with E-state index in [1.54, 1.807) is 6.92 Å². The monoisotopic (exact) mass is 334 g/mol. The van der Waals surface area contributed by atoms with E-state index < -0.39 is 61.7 Å². The van der Waals surface area contributed by atoms with Crippen molar-refractivity contribution < 1.29 is 39.7 Å². The second-order valence-electron chi connectivity index (χ2n) is 7.20. The van der Waals surface area contributed by atoms with E-state index in [0.29, 0.717) is 0 Å². The van der Waals surface area contributed by atoms with Gasteiger partial charge in [-0.3, -0.25) is 0 Å². The lowest BCUT2D eigenvalue weighted by Crippen LogP contribution is -2.60. The molecule has 134 valence electrons. The van der Waals surface area contributed by atoms with Crippen molar-refractivity contribution in [2.45, 2.75) is 81.8 Å². The van der Waals surface area contributed by atoms with Crippen LogP contribution in [0.3, 0.4) is 0 Å². The second kappa shape index (κ2) is 6.20. The Bertz CT molecular complexity index is 428. The molecule has 1 saturated carbocycles. The molecule has 2 heterocycles. The van der Waals surface area contributed by atoms with Gasteiger partial charge in [0.2, 0.25) is 0 Å². The molecule has 9 atom stereocenters. The first kappa shape index (κ1) is 17.5. The molecular formula is C15H26O8. The first-order valence-corrected chi connectivity index (χ1v) is 8.08. The summed E-state index contributed by atoms with van der Waals surface area (Å²) in [5.74, 6) is 0. The van der Waals surface area contributed by atoms with Crippen molar-refractivity contribution in [2.75, 3.05) is 6.61 Å². The Morgan fingerprint density at radius 3 is 2.22 bits per heavy atom. The number of aliphatic hydroxyl groups excluding tert-OH is 5. The molecular weight excluding hydrogens is 308 g/mol. The zero-order valence-electron chi connectivity index (χ0n) is 13.3. The maximum Gasteiger partial charge on any atom is 0.187 e. The number of aliphatic hydroxyl groups is 5.